The zero-order valence-electron chi connectivity index (χ0n) is 13.4. The molecule has 0 bridgehead atoms. The van der Waals surface area contributed by atoms with Crippen molar-refractivity contribution in [3.63, 3.8) is 0 Å². The van der Waals surface area contributed by atoms with E-state index in [2.05, 4.69) is 10.5 Å². The summed E-state index contributed by atoms with van der Waals surface area (Å²) in [4.78, 5) is 23.5. The van der Waals surface area contributed by atoms with Crippen molar-refractivity contribution in [3.8, 4) is 5.75 Å². The van der Waals surface area contributed by atoms with Crippen LogP contribution in [0.3, 0.4) is 0 Å². The second-order valence-electron chi connectivity index (χ2n) is 5.26. The van der Waals surface area contributed by atoms with E-state index in [0.29, 0.717) is 21.7 Å². The Labute approximate surface area is 153 Å². The molecule has 3 rings (SSSR count). The quantitative estimate of drug-likeness (QED) is 0.670. The van der Waals surface area contributed by atoms with Crippen LogP contribution in [0.5, 0.6) is 5.75 Å². The number of hydrogen-bond acceptors (Lipinski definition) is 5. The molecule has 0 saturated carbocycles. The molecule has 3 aromatic rings. The number of halogens is 1. The van der Waals surface area contributed by atoms with Gasteiger partial charge in [-0.15, -0.1) is 5.10 Å². The van der Waals surface area contributed by atoms with Crippen LogP contribution < -0.4 is 21.5 Å². The average Bonchev–Trinajstić information content (AvgIpc) is 2.65. The molecule has 0 spiro atoms. The van der Waals surface area contributed by atoms with E-state index in [9.17, 15) is 9.59 Å². The van der Waals surface area contributed by atoms with E-state index >= 15 is 0 Å². The van der Waals surface area contributed by atoms with Crippen LogP contribution in [0.25, 0.3) is 11.0 Å². The normalized spacial score (nSPS) is 11.3. The molecule has 0 saturated heterocycles. The van der Waals surface area contributed by atoms with Crippen LogP contribution in [0.2, 0.25) is 5.02 Å². The van der Waals surface area contributed by atoms with Crippen molar-refractivity contribution in [2.45, 2.75) is 0 Å². The summed E-state index contributed by atoms with van der Waals surface area (Å²) in [6.07, 6.45) is 0. The first kappa shape index (κ1) is 17.5. The minimum atomic E-state index is -0.718. The van der Waals surface area contributed by atoms with Gasteiger partial charge in [-0.1, -0.05) is 29.8 Å². The standard InChI is InChI=1S/C18H14ClN3O4/c19-12-5-7-13(8-6-12)25-10-16(23)21-22-18-14(17(20)24)9-11-3-1-2-4-15(11)26-18/h1-9H,10H2,(H2,20,24)(H,21,23)/b22-18+. The molecule has 0 aliphatic rings. The van der Waals surface area contributed by atoms with Crippen molar-refractivity contribution in [1.29, 1.82) is 0 Å². The molecule has 132 valence electrons. The second-order valence-corrected chi connectivity index (χ2v) is 5.69. The summed E-state index contributed by atoms with van der Waals surface area (Å²) in [5.41, 5.74) is 8.10. The Balaban J connectivity index is 1.76. The summed E-state index contributed by atoms with van der Waals surface area (Å²) in [6, 6.07) is 15.2. The van der Waals surface area contributed by atoms with Gasteiger partial charge in [0.1, 0.15) is 16.9 Å². The van der Waals surface area contributed by atoms with Gasteiger partial charge in [0.05, 0.1) is 0 Å². The molecule has 0 fully saturated rings. The summed E-state index contributed by atoms with van der Waals surface area (Å²) in [7, 11) is 0. The molecule has 0 unspecified atom stereocenters. The molecule has 0 radical (unpaired) electrons. The largest absolute Gasteiger partial charge is 0.484 e. The smallest absolute Gasteiger partial charge is 0.278 e. The highest BCUT2D eigenvalue weighted by atomic mass is 35.5. The highest BCUT2D eigenvalue weighted by Crippen LogP contribution is 2.15. The van der Waals surface area contributed by atoms with Crippen LogP contribution in [-0.4, -0.2) is 18.4 Å². The highest BCUT2D eigenvalue weighted by Gasteiger charge is 2.10. The van der Waals surface area contributed by atoms with Gasteiger partial charge < -0.3 is 14.9 Å². The summed E-state index contributed by atoms with van der Waals surface area (Å²) < 4.78 is 10.8. The van der Waals surface area contributed by atoms with Crippen LogP contribution in [0.1, 0.15) is 10.4 Å². The van der Waals surface area contributed by atoms with E-state index in [1.165, 1.54) is 0 Å². The Hall–Kier alpha value is -3.32. The Bertz CT molecular complexity index is 1030. The van der Waals surface area contributed by atoms with Crippen molar-refractivity contribution >= 4 is 34.4 Å². The molecule has 1 aromatic heterocycles. The van der Waals surface area contributed by atoms with Crippen LogP contribution >= 0.6 is 11.6 Å². The molecule has 2 amide bonds. The van der Waals surface area contributed by atoms with Crippen molar-refractivity contribution < 1.29 is 18.7 Å². The molecule has 2 aromatic carbocycles. The van der Waals surface area contributed by atoms with Crippen LogP contribution in [0, 0.1) is 0 Å². The lowest BCUT2D eigenvalue weighted by atomic mass is 10.2. The lowest BCUT2D eigenvalue weighted by Crippen LogP contribution is -2.29. The molecule has 26 heavy (non-hydrogen) atoms. The lowest BCUT2D eigenvalue weighted by molar-refractivity contribution is -0.123. The molecule has 0 aliphatic heterocycles. The van der Waals surface area contributed by atoms with E-state index in [4.69, 9.17) is 26.5 Å². The molecule has 0 atom stereocenters. The Kier molecular flexibility index (Phi) is 5.19. The van der Waals surface area contributed by atoms with E-state index in [1.807, 2.05) is 0 Å². The van der Waals surface area contributed by atoms with E-state index < -0.39 is 11.8 Å². The first-order chi connectivity index (χ1) is 12.5. The maximum Gasteiger partial charge on any atom is 0.278 e. The van der Waals surface area contributed by atoms with Gasteiger partial charge in [-0.25, -0.2) is 5.43 Å². The van der Waals surface area contributed by atoms with E-state index in [-0.39, 0.29) is 17.7 Å². The van der Waals surface area contributed by atoms with Gasteiger partial charge in [-0.2, -0.15) is 0 Å². The lowest BCUT2D eigenvalue weighted by Gasteiger charge is -2.05. The zero-order valence-corrected chi connectivity index (χ0v) is 14.2. The van der Waals surface area contributed by atoms with Crippen molar-refractivity contribution in [1.82, 2.24) is 5.43 Å². The Morgan fingerprint density at radius 2 is 1.88 bits per heavy atom. The van der Waals surface area contributed by atoms with Gasteiger partial charge in [-0.3, -0.25) is 9.59 Å². The molecule has 0 aliphatic carbocycles. The van der Waals surface area contributed by atoms with Crippen LogP contribution in [-0.2, 0) is 4.79 Å². The van der Waals surface area contributed by atoms with Crippen molar-refractivity contribution in [2.75, 3.05) is 6.61 Å². The van der Waals surface area contributed by atoms with Crippen molar-refractivity contribution in [2.24, 2.45) is 10.8 Å². The third-order valence-corrected chi connectivity index (χ3v) is 3.64. The fourth-order valence-corrected chi connectivity index (χ4v) is 2.28. The predicted molar refractivity (Wildman–Crippen MR) is 95.4 cm³/mol. The van der Waals surface area contributed by atoms with Gasteiger partial charge in [0, 0.05) is 10.4 Å². The van der Waals surface area contributed by atoms with Gasteiger partial charge >= 0.3 is 0 Å². The number of amides is 2. The predicted octanol–water partition coefficient (Wildman–Crippen LogP) is 2.20. The van der Waals surface area contributed by atoms with E-state index in [0.717, 1.165) is 0 Å². The third kappa shape index (κ3) is 4.20. The number of ether oxygens (including phenoxy) is 1. The first-order valence-electron chi connectivity index (χ1n) is 7.56. The maximum absolute atomic E-state index is 11.9. The monoisotopic (exact) mass is 371 g/mol. The average molecular weight is 372 g/mol. The topological polar surface area (TPSA) is 107 Å². The molecule has 1 heterocycles. The summed E-state index contributed by atoms with van der Waals surface area (Å²) in [5.74, 6) is -0.763. The fraction of sp³-hybridized carbons (Fsp3) is 0.0556. The second kappa shape index (κ2) is 7.71. The van der Waals surface area contributed by atoms with Crippen molar-refractivity contribution in [3.05, 3.63) is 70.7 Å². The Morgan fingerprint density at radius 3 is 2.62 bits per heavy atom. The number of nitrogens with one attached hydrogen (secondary N) is 1. The number of primary amides is 1. The van der Waals surface area contributed by atoms with Crippen LogP contribution in [0.15, 0.2) is 64.1 Å². The number of rotatable bonds is 5. The summed E-state index contributed by atoms with van der Waals surface area (Å²) in [6.45, 7) is -0.273. The maximum atomic E-state index is 11.9. The molecule has 8 heteroatoms. The van der Waals surface area contributed by atoms with Gasteiger partial charge in [0.2, 0.25) is 5.55 Å². The number of para-hydroxylation sites is 1. The first-order valence-corrected chi connectivity index (χ1v) is 7.94. The molecular formula is C18H14ClN3O4. The SMILES string of the molecule is NC(=O)c1cc2ccccc2o/c1=N/NC(=O)COc1ccc(Cl)cc1. The third-order valence-electron chi connectivity index (χ3n) is 3.39. The summed E-state index contributed by atoms with van der Waals surface area (Å²) in [5, 5.41) is 5.09. The van der Waals surface area contributed by atoms with Crippen LogP contribution in [0.4, 0.5) is 0 Å². The molecule has 7 nitrogen and oxygen atoms in total. The molecular weight excluding hydrogens is 358 g/mol. The number of fused-ring (bicyclic) bond motifs is 1. The number of nitrogens with zero attached hydrogens (tertiary/aromatic N) is 1. The summed E-state index contributed by atoms with van der Waals surface area (Å²) >= 11 is 5.78. The van der Waals surface area contributed by atoms with Gasteiger partial charge in [0.25, 0.3) is 11.8 Å². The number of benzene rings is 2. The van der Waals surface area contributed by atoms with Gasteiger partial charge in [0.15, 0.2) is 6.61 Å². The fourth-order valence-electron chi connectivity index (χ4n) is 2.15. The zero-order chi connectivity index (χ0) is 18.5. The number of nitrogens with two attached hydrogens (primary N) is 1. The Morgan fingerprint density at radius 1 is 1.15 bits per heavy atom. The molecule has 3 N–H and O–H groups in total. The van der Waals surface area contributed by atoms with Gasteiger partial charge in [-0.05, 0) is 36.4 Å². The number of carbonyl (C=O) groups excluding carboxylic acids is 2. The highest BCUT2D eigenvalue weighted by molar-refractivity contribution is 6.30. The minimum Gasteiger partial charge on any atom is -0.484 e. The number of hydrogen-bond donors (Lipinski definition) is 2. The van der Waals surface area contributed by atoms with E-state index in [1.54, 1.807) is 54.6 Å². The minimum absolute atomic E-state index is 0.0580. The number of carbonyl (C=O) groups is 2.